The number of allylic oxidation sites excluding steroid dienone is 3. The van der Waals surface area contributed by atoms with Gasteiger partial charge in [-0.15, -0.1) is 0 Å². The van der Waals surface area contributed by atoms with Crippen molar-refractivity contribution in [3.05, 3.63) is 23.8 Å². The molecule has 4 nitrogen and oxygen atoms in total. The first-order valence-electron chi connectivity index (χ1n) is 10.4. The fourth-order valence-electron chi connectivity index (χ4n) is 6.88. The van der Waals surface area contributed by atoms with E-state index in [4.69, 9.17) is 21.5 Å². The maximum absolute atomic E-state index is 11.9. The molecule has 5 heteroatoms. The SMILES string of the molecule is CC[C@]12CC[C@H]3[C@@H](CCC4=C/C(=N\O)CC[C@@H]43)[C@@H]1C=C[C@]2(C#CCl)OC(C)=O. The smallest absolute Gasteiger partial charge is 0.304 e. The summed E-state index contributed by atoms with van der Waals surface area (Å²) in [6, 6.07) is 0. The van der Waals surface area contributed by atoms with Crippen LogP contribution >= 0.6 is 11.6 Å². The van der Waals surface area contributed by atoms with Gasteiger partial charge in [-0.25, -0.2) is 0 Å². The van der Waals surface area contributed by atoms with Crippen LogP contribution in [0.1, 0.15) is 58.8 Å². The van der Waals surface area contributed by atoms with E-state index in [1.165, 1.54) is 12.5 Å². The van der Waals surface area contributed by atoms with Crippen LogP contribution in [0, 0.1) is 40.4 Å². The Balaban J connectivity index is 1.69. The number of rotatable bonds is 2. The number of nitrogens with zero attached hydrogens (tertiary/aromatic N) is 1. The molecule has 0 heterocycles. The molecule has 4 rings (SSSR count). The molecule has 6 atom stereocenters. The van der Waals surface area contributed by atoms with E-state index in [2.05, 4.69) is 35.5 Å². The lowest BCUT2D eigenvalue weighted by atomic mass is 9.49. The van der Waals surface area contributed by atoms with E-state index in [9.17, 15) is 4.79 Å². The van der Waals surface area contributed by atoms with E-state index in [0.29, 0.717) is 23.7 Å². The average Bonchev–Trinajstić information content (AvgIpc) is 3.01. The normalized spacial score (nSPS) is 42.5. The minimum absolute atomic E-state index is 0.199. The highest BCUT2D eigenvalue weighted by molar-refractivity contribution is 6.30. The lowest BCUT2D eigenvalue weighted by Gasteiger charge is -2.56. The predicted octanol–water partition coefficient (Wildman–Crippen LogP) is 5.06. The average molecular weight is 402 g/mol. The summed E-state index contributed by atoms with van der Waals surface area (Å²) in [4.78, 5) is 11.9. The van der Waals surface area contributed by atoms with E-state index < -0.39 is 5.60 Å². The van der Waals surface area contributed by atoms with E-state index in [1.807, 2.05) is 6.08 Å². The summed E-state index contributed by atoms with van der Waals surface area (Å²) in [5.74, 6) is 4.89. The lowest BCUT2D eigenvalue weighted by Crippen LogP contribution is -2.55. The summed E-state index contributed by atoms with van der Waals surface area (Å²) in [5.41, 5.74) is 1.16. The monoisotopic (exact) mass is 401 g/mol. The molecule has 28 heavy (non-hydrogen) atoms. The highest BCUT2D eigenvalue weighted by Crippen LogP contribution is 2.64. The van der Waals surface area contributed by atoms with Gasteiger partial charge in [0.25, 0.3) is 0 Å². The second kappa shape index (κ2) is 7.26. The van der Waals surface area contributed by atoms with Gasteiger partial charge in [0, 0.05) is 17.7 Å². The summed E-state index contributed by atoms with van der Waals surface area (Å²) in [6.07, 6.45) is 13.5. The third kappa shape index (κ3) is 2.74. The van der Waals surface area contributed by atoms with Crippen molar-refractivity contribution in [1.82, 2.24) is 0 Å². The van der Waals surface area contributed by atoms with Gasteiger partial charge < -0.3 is 9.94 Å². The van der Waals surface area contributed by atoms with Crippen LogP contribution in [0.5, 0.6) is 0 Å². The molecule has 150 valence electrons. The number of esters is 1. The van der Waals surface area contributed by atoms with Crippen molar-refractivity contribution in [3.8, 4) is 11.3 Å². The Kier molecular flexibility index (Phi) is 5.08. The number of halogens is 1. The Hall–Kier alpha value is -1.73. The third-order valence-electron chi connectivity index (χ3n) is 7.97. The summed E-state index contributed by atoms with van der Waals surface area (Å²) in [5, 5.41) is 15.1. The van der Waals surface area contributed by atoms with Crippen molar-refractivity contribution < 1.29 is 14.7 Å². The Morgan fingerprint density at radius 1 is 1.36 bits per heavy atom. The number of fused-ring (bicyclic) bond motifs is 5. The number of carbonyl (C=O) groups excluding carboxylic acids is 1. The molecule has 4 aliphatic rings. The van der Waals surface area contributed by atoms with Gasteiger partial charge in [-0.3, -0.25) is 4.79 Å². The van der Waals surface area contributed by atoms with Gasteiger partial charge in [0.2, 0.25) is 0 Å². The first-order valence-corrected chi connectivity index (χ1v) is 10.8. The van der Waals surface area contributed by atoms with E-state index in [-0.39, 0.29) is 11.4 Å². The van der Waals surface area contributed by atoms with Crippen molar-refractivity contribution in [2.45, 2.75) is 64.4 Å². The Morgan fingerprint density at radius 3 is 2.86 bits per heavy atom. The van der Waals surface area contributed by atoms with Crippen molar-refractivity contribution in [1.29, 1.82) is 0 Å². The first kappa shape index (κ1) is 19.6. The second-order valence-corrected chi connectivity index (χ2v) is 8.99. The number of hydrogen-bond acceptors (Lipinski definition) is 4. The topological polar surface area (TPSA) is 58.9 Å². The lowest BCUT2D eigenvalue weighted by molar-refractivity contribution is -0.165. The molecular weight excluding hydrogens is 374 g/mol. The molecule has 0 aromatic carbocycles. The fourth-order valence-corrected chi connectivity index (χ4v) is 7.02. The number of hydrogen-bond donors (Lipinski definition) is 1. The molecular formula is C23H28ClNO3. The van der Waals surface area contributed by atoms with Crippen LogP contribution < -0.4 is 0 Å². The summed E-state index contributed by atoms with van der Waals surface area (Å²) in [6.45, 7) is 3.64. The summed E-state index contributed by atoms with van der Waals surface area (Å²) >= 11 is 5.84. The number of oxime groups is 1. The zero-order valence-electron chi connectivity index (χ0n) is 16.6. The quantitative estimate of drug-likeness (QED) is 0.231. The molecule has 0 aliphatic heterocycles. The summed E-state index contributed by atoms with van der Waals surface area (Å²) in [7, 11) is 0. The van der Waals surface area contributed by atoms with Crippen molar-refractivity contribution >= 4 is 23.3 Å². The Bertz CT molecular complexity index is 819. The van der Waals surface area contributed by atoms with Crippen LogP contribution in [0.25, 0.3) is 0 Å². The minimum atomic E-state index is -0.912. The largest absolute Gasteiger partial charge is 0.442 e. The third-order valence-corrected chi connectivity index (χ3v) is 8.07. The van der Waals surface area contributed by atoms with Gasteiger partial charge >= 0.3 is 5.97 Å². The zero-order valence-corrected chi connectivity index (χ0v) is 17.3. The maximum Gasteiger partial charge on any atom is 0.304 e. The molecule has 0 spiro atoms. The predicted molar refractivity (Wildman–Crippen MR) is 109 cm³/mol. The highest BCUT2D eigenvalue weighted by Gasteiger charge is 2.63. The highest BCUT2D eigenvalue weighted by atomic mass is 35.5. The van der Waals surface area contributed by atoms with Gasteiger partial charge in [0.15, 0.2) is 5.60 Å². The van der Waals surface area contributed by atoms with Gasteiger partial charge in [0.05, 0.1) is 5.71 Å². The molecule has 0 aromatic heterocycles. The molecule has 1 N–H and O–H groups in total. The molecule has 2 saturated carbocycles. The summed E-state index contributed by atoms with van der Waals surface area (Å²) < 4.78 is 5.88. The number of carbonyl (C=O) groups is 1. The fraction of sp³-hybridized carbons (Fsp3) is 0.652. The van der Waals surface area contributed by atoms with Crippen molar-refractivity contribution in [2.75, 3.05) is 0 Å². The van der Waals surface area contributed by atoms with E-state index >= 15 is 0 Å². The molecule has 4 aliphatic carbocycles. The Morgan fingerprint density at radius 2 is 2.18 bits per heavy atom. The molecule has 0 amide bonds. The number of ether oxygens (including phenoxy) is 1. The van der Waals surface area contributed by atoms with Crippen LogP contribution in [0.4, 0.5) is 0 Å². The molecule has 0 unspecified atom stereocenters. The van der Waals surface area contributed by atoms with Crippen LogP contribution in [-0.4, -0.2) is 22.5 Å². The second-order valence-electron chi connectivity index (χ2n) is 8.80. The molecule has 2 fully saturated rings. The van der Waals surface area contributed by atoms with Gasteiger partial charge in [-0.1, -0.05) is 23.7 Å². The van der Waals surface area contributed by atoms with Crippen LogP contribution in [0.3, 0.4) is 0 Å². The molecule has 0 saturated heterocycles. The molecule has 0 aromatic rings. The Labute approximate surface area is 172 Å². The van der Waals surface area contributed by atoms with Gasteiger partial charge in [0.1, 0.15) is 0 Å². The zero-order chi connectivity index (χ0) is 19.9. The standard InChI is InChI=1S/C23H28ClNO3/c1-3-22-10-8-19-18-7-5-17(25-27)14-16(18)4-6-20(19)21(22)9-11-23(22,12-13-24)28-15(2)26/h9,11,14,18-21,27H,3-8,10H2,1-2H3/b25-17-/t18-,19+,20+,21-,22-,23+/m0/s1. The van der Waals surface area contributed by atoms with E-state index in [0.717, 1.165) is 50.7 Å². The first-order chi connectivity index (χ1) is 13.5. The van der Waals surface area contributed by atoms with Gasteiger partial charge in [-0.2, -0.15) is 0 Å². The van der Waals surface area contributed by atoms with Crippen LogP contribution in [-0.2, 0) is 9.53 Å². The molecule has 0 bridgehead atoms. The molecule has 0 radical (unpaired) electrons. The van der Waals surface area contributed by atoms with Crippen molar-refractivity contribution in [3.63, 3.8) is 0 Å². The van der Waals surface area contributed by atoms with Crippen molar-refractivity contribution in [2.24, 2.45) is 34.2 Å². The van der Waals surface area contributed by atoms with Crippen LogP contribution in [0.2, 0.25) is 0 Å². The van der Waals surface area contributed by atoms with Crippen LogP contribution in [0.15, 0.2) is 29.0 Å². The van der Waals surface area contributed by atoms with E-state index in [1.54, 1.807) is 0 Å². The maximum atomic E-state index is 11.9. The minimum Gasteiger partial charge on any atom is -0.442 e. The van der Waals surface area contributed by atoms with Gasteiger partial charge in [-0.05, 0) is 98.3 Å².